The summed E-state index contributed by atoms with van der Waals surface area (Å²) >= 11 is 12.7. The van der Waals surface area contributed by atoms with Crippen molar-refractivity contribution in [3.63, 3.8) is 0 Å². The topological polar surface area (TPSA) is 0 Å². The van der Waals surface area contributed by atoms with Gasteiger partial charge in [0.15, 0.2) is 0 Å². The van der Waals surface area contributed by atoms with Crippen LogP contribution in [0.4, 0.5) is 0 Å². The highest BCUT2D eigenvalue weighted by Crippen LogP contribution is 2.44. The minimum Gasteiger partial charge on any atom is -0.0843 e. The first-order valence-electron chi connectivity index (χ1n) is 9.18. The van der Waals surface area contributed by atoms with Crippen molar-refractivity contribution in [2.24, 2.45) is 0 Å². The summed E-state index contributed by atoms with van der Waals surface area (Å²) in [7, 11) is 0. The zero-order chi connectivity index (χ0) is 19.1. The molecule has 0 heterocycles. The van der Waals surface area contributed by atoms with Crippen LogP contribution in [0.1, 0.15) is 0 Å². The average molecular weight is 399 g/mol. The standard InChI is InChI=1S/C26H16Cl2/c27-19-9-5-7-17(15-19)25-21-11-1-2-12-22(21)26(18-8-6-10-20(28)16-18)24-14-4-3-13-23(24)25/h1-16H. The second-order valence-corrected chi connectivity index (χ2v) is 7.73. The van der Waals surface area contributed by atoms with Crippen molar-refractivity contribution in [1.29, 1.82) is 0 Å². The van der Waals surface area contributed by atoms with Gasteiger partial charge in [0.1, 0.15) is 0 Å². The van der Waals surface area contributed by atoms with Crippen LogP contribution in [0.2, 0.25) is 10.0 Å². The Morgan fingerprint density at radius 3 is 1.07 bits per heavy atom. The number of hydrogen-bond donors (Lipinski definition) is 0. The average Bonchev–Trinajstić information content (AvgIpc) is 2.72. The molecule has 0 saturated carbocycles. The minimum atomic E-state index is 0.740. The van der Waals surface area contributed by atoms with E-state index in [-0.39, 0.29) is 0 Å². The molecule has 0 aliphatic carbocycles. The van der Waals surface area contributed by atoms with Gasteiger partial charge in [-0.1, -0.05) is 96.0 Å². The van der Waals surface area contributed by atoms with E-state index in [9.17, 15) is 0 Å². The summed E-state index contributed by atoms with van der Waals surface area (Å²) in [5.74, 6) is 0. The quantitative estimate of drug-likeness (QED) is 0.261. The van der Waals surface area contributed by atoms with Crippen molar-refractivity contribution >= 4 is 44.7 Å². The van der Waals surface area contributed by atoms with Gasteiger partial charge in [0, 0.05) is 10.0 Å². The van der Waals surface area contributed by atoms with Gasteiger partial charge >= 0.3 is 0 Å². The van der Waals surface area contributed by atoms with Crippen molar-refractivity contribution < 1.29 is 0 Å². The minimum absolute atomic E-state index is 0.740. The second-order valence-electron chi connectivity index (χ2n) is 6.86. The Hall–Kier alpha value is -2.80. The Balaban J connectivity index is 2.00. The van der Waals surface area contributed by atoms with Gasteiger partial charge in [-0.3, -0.25) is 0 Å². The molecule has 0 amide bonds. The lowest BCUT2D eigenvalue weighted by atomic mass is 9.86. The Kier molecular flexibility index (Phi) is 4.31. The van der Waals surface area contributed by atoms with E-state index in [1.54, 1.807) is 0 Å². The Bertz CT molecular complexity index is 1170. The fourth-order valence-corrected chi connectivity index (χ4v) is 4.42. The molecule has 0 unspecified atom stereocenters. The molecule has 5 rings (SSSR count). The molecule has 0 N–H and O–H groups in total. The summed E-state index contributed by atoms with van der Waals surface area (Å²) in [5, 5.41) is 6.31. The van der Waals surface area contributed by atoms with Crippen LogP contribution in [0, 0.1) is 0 Å². The number of fused-ring (bicyclic) bond motifs is 2. The van der Waals surface area contributed by atoms with Crippen LogP contribution < -0.4 is 0 Å². The molecule has 0 atom stereocenters. The monoisotopic (exact) mass is 398 g/mol. The molecule has 0 aliphatic rings. The highest BCUT2D eigenvalue weighted by atomic mass is 35.5. The third-order valence-electron chi connectivity index (χ3n) is 5.16. The summed E-state index contributed by atoms with van der Waals surface area (Å²) < 4.78 is 0. The Labute approximate surface area is 174 Å². The molecule has 0 bridgehead atoms. The van der Waals surface area contributed by atoms with Crippen LogP contribution in [0.3, 0.4) is 0 Å². The number of halogens is 2. The summed E-state index contributed by atoms with van der Waals surface area (Å²) in [5.41, 5.74) is 4.66. The zero-order valence-corrected chi connectivity index (χ0v) is 16.5. The van der Waals surface area contributed by atoms with E-state index in [0.717, 1.165) is 21.2 Å². The zero-order valence-electron chi connectivity index (χ0n) is 15.0. The van der Waals surface area contributed by atoms with Crippen LogP contribution in [0.25, 0.3) is 43.8 Å². The van der Waals surface area contributed by atoms with E-state index in [4.69, 9.17) is 23.2 Å². The number of rotatable bonds is 2. The highest BCUT2D eigenvalue weighted by molar-refractivity contribution is 6.32. The molecule has 0 fully saturated rings. The molecule has 5 aromatic carbocycles. The second kappa shape index (κ2) is 6.98. The maximum absolute atomic E-state index is 6.33. The van der Waals surface area contributed by atoms with Crippen LogP contribution >= 0.6 is 23.2 Å². The lowest BCUT2D eigenvalue weighted by Gasteiger charge is -2.17. The van der Waals surface area contributed by atoms with E-state index in [2.05, 4.69) is 60.7 Å². The number of benzene rings is 5. The predicted molar refractivity (Wildman–Crippen MR) is 122 cm³/mol. The first-order valence-corrected chi connectivity index (χ1v) is 9.93. The van der Waals surface area contributed by atoms with Crippen LogP contribution in [-0.2, 0) is 0 Å². The summed E-state index contributed by atoms with van der Waals surface area (Å²) in [6.45, 7) is 0. The van der Waals surface area contributed by atoms with Gasteiger partial charge in [-0.25, -0.2) is 0 Å². The lowest BCUT2D eigenvalue weighted by molar-refractivity contribution is 1.65. The van der Waals surface area contributed by atoms with Crippen molar-refractivity contribution in [2.45, 2.75) is 0 Å². The van der Waals surface area contributed by atoms with Crippen LogP contribution in [-0.4, -0.2) is 0 Å². The fraction of sp³-hybridized carbons (Fsp3) is 0. The molecule has 0 aliphatic heterocycles. The van der Waals surface area contributed by atoms with E-state index < -0.39 is 0 Å². The SMILES string of the molecule is Clc1cccc(-c2c3ccccc3c(-c3cccc(Cl)c3)c3ccccc23)c1. The summed E-state index contributed by atoms with van der Waals surface area (Å²) in [6.07, 6.45) is 0. The molecule has 2 heteroatoms. The van der Waals surface area contributed by atoms with Gasteiger partial charge in [-0.15, -0.1) is 0 Å². The van der Waals surface area contributed by atoms with Gasteiger partial charge in [0.05, 0.1) is 0 Å². The molecular formula is C26H16Cl2. The van der Waals surface area contributed by atoms with Gasteiger partial charge < -0.3 is 0 Å². The molecule has 28 heavy (non-hydrogen) atoms. The van der Waals surface area contributed by atoms with Gasteiger partial charge in [0.2, 0.25) is 0 Å². The Morgan fingerprint density at radius 1 is 0.393 bits per heavy atom. The molecule has 0 saturated heterocycles. The van der Waals surface area contributed by atoms with Crippen LogP contribution in [0.5, 0.6) is 0 Å². The number of hydrogen-bond acceptors (Lipinski definition) is 0. The van der Waals surface area contributed by atoms with E-state index in [1.165, 1.54) is 32.7 Å². The van der Waals surface area contributed by atoms with Gasteiger partial charge in [0.25, 0.3) is 0 Å². The van der Waals surface area contributed by atoms with E-state index >= 15 is 0 Å². The normalized spacial score (nSPS) is 11.2. The van der Waals surface area contributed by atoms with Gasteiger partial charge in [-0.2, -0.15) is 0 Å². The maximum atomic E-state index is 6.33. The third kappa shape index (κ3) is 2.86. The van der Waals surface area contributed by atoms with Crippen molar-refractivity contribution in [1.82, 2.24) is 0 Å². The first kappa shape index (κ1) is 17.3. The predicted octanol–water partition coefficient (Wildman–Crippen LogP) is 8.63. The first-order chi connectivity index (χ1) is 13.7. The van der Waals surface area contributed by atoms with Crippen LogP contribution in [0.15, 0.2) is 97.1 Å². The van der Waals surface area contributed by atoms with Crippen molar-refractivity contribution in [2.75, 3.05) is 0 Å². The molecule has 0 aromatic heterocycles. The Morgan fingerprint density at radius 2 is 0.750 bits per heavy atom. The molecule has 0 spiro atoms. The molecule has 0 nitrogen and oxygen atoms in total. The molecule has 134 valence electrons. The molecule has 5 aromatic rings. The van der Waals surface area contributed by atoms with E-state index in [0.29, 0.717) is 0 Å². The largest absolute Gasteiger partial charge is 0.0843 e. The van der Waals surface area contributed by atoms with Crippen molar-refractivity contribution in [3.8, 4) is 22.3 Å². The molecule has 0 radical (unpaired) electrons. The summed E-state index contributed by atoms with van der Waals surface area (Å²) in [4.78, 5) is 0. The maximum Gasteiger partial charge on any atom is 0.0412 e. The lowest BCUT2D eigenvalue weighted by Crippen LogP contribution is -1.90. The highest BCUT2D eigenvalue weighted by Gasteiger charge is 2.16. The van der Waals surface area contributed by atoms with Crippen molar-refractivity contribution in [3.05, 3.63) is 107 Å². The molecular weight excluding hydrogens is 383 g/mol. The smallest absolute Gasteiger partial charge is 0.0412 e. The summed E-state index contributed by atoms with van der Waals surface area (Å²) in [6, 6.07) is 33.3. The van der Waals surface area contributed by atoms with E-state index in [1.807, 2.05) is 36.4 Å². The van der Waals surface area contributed by atoms with Gasteiger partial charge in [-0.05, 0) is 68.1 Å². The third-order valence-corrected chi connectivity index (χ3v) is 5.63. The fourth-order valence-electron chi connectivity index (χ4n) is 4.04.